The number of ether oxygens (including phenoxy) is 1. The molecule has 35 heavy (non-hydrogen) atoms. The number of anilines is 2. The fourth-order valence-corrected chi connectivity index (χ4v) is 2.96. The number of nitrogens with zero attached hydrogens (tertiary/aromatic N) is 1. The predicted molar refractivity (Wildman–Crippen MR) is 120 cm³/mol. The summed E-state index contributed by atoms with van der Waals surface area (Å²) in [6.45, 7) is 0.969. The highest BCUT2D eigenvalue weighted by Gasteiger charge is 2.33. The lowest BCUT2D eigenvalue weighted by Crippen LogP contribution is -2.45. The Labute approximate surface area is 201 Å². The van der Waals surface area contributed by atoms with Gasteiger partial charge >= 0.3 is 12.2 Å². The van der Waals surface area contributed by atoms with Crippen LogP contribution >= 0.6 is 11.6 Å². The lowest BCUT2D eigenvalue weighted by molar-refractivity contribution is -0.160. The molecule has 13 heteroatoms. The van der Waals surface area contributed by atoms with E-state index in [1.54, 1.807) is 0 Å². The van der Waals surface area contributed by atoms with Gasteiger partial charge in [-0.05, 0) is 48.5 Å². The molecule has 0 saturated heterocycles. The number of hydrogen-bond acceptors (Lipinski definition) is 6. The minimum absolute atomic E-state index is 0.0978. The maximum absolute atomic E-state index is 13.0. The van der Waals surface area contributed by atoms with E-state index in [2.05, 4.69) is 15.6 Å². The van der Waals surface area contributed by atoms with Gasteiger partial charge in [0.05, 0.1) is 10.6 Å². The van der Waals surface area contributed by atoms with E-state index in [4.69, 9.17) is 16.3 Å². The van der Waals surface area contributed by atoms with Crippen LogP contribution in [0.1, 0.15) is 23.0 Å². The van der Waals surface area contributed by atoms with Crippen molar-refractivity contribution in [2.75, 3.05) is 10.6 Å². The topological polar surface area (TPSA) is 133 Å². The SMILES string of the molecule is CC(O)(O)NC(=O)c1cc(Oc2ccc(NC(=O)Nc3ccc(Cl)c(C(F)(F)F)c3)cc2)ccn1. The molecule has 0 bridgehead atoms. The van der Waals surface area contributed by atoms with Crippen molar-refractivity contribution in [1.82, 2.24) is 10.3 Å². The Morgan fingerprint density at radius 2 is 1.57 bits per heavy atom. The largest absolute Gasteiger partial charge is 0.457 e. The molecule has 3 aromatic rings. The second kappa shape index (κ2) is 10.2. The van der Waals surface area contributed by atoms with Gasteiger partial charge in [0.15, 0.2) is 0 Å². The summed E-state index contributed by atoms with van der Waals surface area (Å²) in [6.07, 6.45) is -3.38. The molecule has 1 aromatic heterocycles. The van der Waals surface area contributed by atoms with Crippen molar-refractivity contribution in [2.24, 2.45) is 0 Å². The van der Waals surface area contributed by atoms with Crippen LogP contribution in [-0.2, 0) is 6.18 Å². The standard InChI is InChI=1S/C22H18ClF3N4O5/c1-21(33,34)30-19(31)18-11-15(8-9-27-18)35-14-5-2-12(3-6-14)28-20(32)29-13-4-7-17(23)16(10-13)22(24,25)26/h2-11,33-34H,1H3,(H,30,31)(H2,28,29,32). The van der Waals surface area contributed by atoms with Crippen molar-refractivity contribution in [3.05, 3.63) is 77.1 Å². The highest BCUT2D eigenvalue weighted by atomic mass is 35.5. The van der Waals surface area contributed by atoms with Gasteiger partial charge in [-0.15, -0.1) is 0 Å². The maximum atomic E-state index is 13.0. The number of pyridine rings is 1. The molecule has 0 unspecified atom stereocenters. The lowest BCUT2D eigenvalue weighted by atomic mass is 10.2. The van der Waals surface area contributed by atoms with Gasteiger partial charge in [0.2, 0.25) is 5.91 Å². The van der Waals surface area contributed by atoms with Gasteiger partial charge in [0.1, 0.15) is 17.2 Å². The van der Waals surface area contributed by atoms with E-state index in [1.165, 1.54) is 48.7 Å². The van der Waals surface area contributed by atoms with Crippen LogP contribution in [0, 0.1) is 0 Å². The number of hydrogen-bond donors (Lipinski definition) is 5. The second-order valence-electron chi connectivity index (χ2n) is 7.25. The zero-order chi connectivity index (χ0) is 25.8. The molecule has 3 amide bonds. The molecular formula is C22H18ClF3N4O5. The summed E-state index contributed by atoms with van der Waals surface area (Å²) in [6, 6.07) is 10.9. The zero-order valence-corrected chi connectivity index (χ0v) is 18.6. The van der Waals surface area contributed by atoms with E-state index >= 15 is 0 Å². The molecule has 0 aliphatic carbocycles. The highest BCUT2D eigenvalue weighted by Crippen LogP contribution is 2.36. The molecule has 0 saturated carbocycles. The first kappa shape index (κ1) is 25.7. The van der Waals surface area contributed by atoms with Crippen LogP contribution in [0.4, 0.5) is 29.3 Å². The molecule has 1 heterocycles. The molecule has 0 fully saturated rings. The number of aromatic nitrogens is 1. The first-order chi connectivity index (χ1) is 16.3. The Hall–Kier alpha value is -3.87. The number of rotatable bonds is 6. The summed E-state index contributed by atoms with van der Waals surface area (Å²) in [5.74, 6) is -2.70. The summed E-state index contributed by atoms with van der Waals surface area (Å²) in [7, 11) is 0. The fourth-order valence-electron chi connectivity index (χ4n) is 2.73. The van der Waals surface area contributed by atoms with Crippen LogP contribution in [0.2, 0.25) is 5.02 Å². The van der Waals surface area contributed by atoms with Crippen molar-refractivity contribution in [3.63, 3.8) is 0 Å². The molecule has 0 aliphatic rings. The third kappa shape index (κ3) is 7.57. The number of benzene rings is 2. The van der Waals surface area contributed by atoms with Gasteiger partial charge in [0, 0.05) is 30.6 Å². The number of aliphatic hydroxyl groups is 2. The van der Waals surface area contributed by atoms with E-state index in [0.29, 0.717) is 11.4 Å². The number of halogens is 4. The van der Waals surface area contributed by atoms with Crippen molar-refractivity contribution in [1.29, 1.82) is 0 Å². The number of urea groups is 1. The fraction of sp³-hybridized carbons (Fsp3) is 0.136. The van der Waals surface area contributed by atoms with Crippen molar-refractivity contribution >= 4 is 34.9 Å². The number of carbonyl (C=O) groups excluding carboxylic acids is 2. The summed E-state index contributed by atoms with van der Waals surface area (Å²) in [4.78, 5) is 28.0. The van der Waals surface area contributed by atoms with Crippen LogP contribution in [0.15, 0.2) is 60.8 Å². The molecule has 3 rings (SSSR count). The predicted octanol–water partition coefficient (Wildman–Crippen LogP) is 4.58. The Kier molecular flexibility index (Phi) is 7.48. The summed E-state index contributed by atoms with van der Waals surface area (Å²) in [5.41, 5.74) is -0.973. The third-order valence-electron chi connectivity index (χ3n) is 4.19. The summed E-state index contributed by atoms with van der Waals surface area (Å²) >= 11 is 5.57. The Bertz CT molecular complexity index is 1230. The average Bonchev–Trinajstić information content (AvgIpc) is 2.75. The highest BCUT2D eigenvalue weighted by molar-refractivity contribution is 6.31. The van der Waals surface area contributed by atoms with Gasteiger partial charge in [-0.3, -0.25) is 9.78 Å². The van der Waals surface area contributed by atoms with E-state index in [0.717, 1.165) is 19.1 Å². The van der Waals surface area contributed by atoms with Gasteiger partial charge < -0.3 is 30.9 Å². The first-order valence-corrected chi connectivity index (χ1v) is 10.1. The van der Waals surface area contributed by atoms with Gasteiger partial charge in [-0.25, -0.2) is 4.79 Å². The Morgan fingerprint density at radius 1 is 0.943 bits per heavy atom. The number of alkyl halides is 3. The molecule has 0 aliphatic heterocycles. The summed E-state index contributed by atoms with van der Waals surface area (Å²) < 4.78 is 44.5. The van der Waals surface area contributed by atoms with E-state index in [9.17, 15) is 33.0 Å². The van der Waals surface area contributed by atoms with Crippen LogP contribution in [0.3, 0.4) is 0 Å². The number of carbonyl (C=O) groups is 2. The zero-order valence-electron chi connectivity index (χ0n) is 17.9. The van der Waals surface area contributed by atoms with Crippen LogP contribution in [0.25, 0.3) is 0 Å². The summed E-state index contributed by atoms with van der Waals surface area (Å²) in [5, 5.41) is 24.7. The first-order valence-electron chi connectivity index (χ1n) is 9.76. The van der Waals surface area contributed by atoms with Crippen molar-refractivity contribution < 1.29 is 37.7 Å². The third-order valence-corrected chi connectivity index (χ3v) is 4.52. The van der Waals surface area contributed by atoms with Crippen LogP contribution in [-0.4, -0.2) is 33.0 Å². The Morgan fingerprint density at radius 3 is 2.20 bits per heavy atom. The van der Waals surface area contributed by atoms with Gasteiger partial charge in [-0.1, -0.05) is 11.6 Å². The van der Waals surface area contributed by atoms with Crippen molar-refractivity contribution in [3.8, 4) is 11.5 Å². The minimum atomic E-state index is -4.67. The van der Waals surface area contributed by atoms with Crippen molar-refractivity contribution in [2.45, 2.75) is 19.0 Å². The molecule has 0 radical (unpaired) electrons. The van der Waals surface area contributed by atoms with Crippen LogP contribution in [0.5, 0.6) is 11.5 Å². The molecule has 0 spiro atoms. The smallest absolute Gasteiger partial charge is 0.417 e. The monoisotopic (exact) mass is 510 g/mol. The Balaban J connectivity index is 1.61. The molecule has 5 N–H and O–H groups in total. The van der Waals surface area contributed by atoms with Gasteiger partial charge in [-0.2, -0.15) is 13.2 Å². The van der Waals surface area contributed by atoms with Gasteiger partial charge in [0.25, 0.3) is 5.91 Å². The van der Waals surface area contributed by atoms with E-state index < -0.39 is 34.6 Å². The molecular weight excluding hydrogens is 493 g/mol. The van der Waals surface area contributed by atoms with Crippen LogP contribution < -0.4 is 20.7 Å². The average molecular weight is 511 g/mol. The van der Waals surface area contributed by atoms with E-state index in [1.807, 2.05) is 5.32 Å². The molecule has 2 aromatic carbocycles. The minimum Gasteiger partial charge on any atom is -0.457 e. The van der Waals surface area contributed by atoms with E-state index in [-0.39, 0.29) is 17.1 Å². The maximum Gasteiger partial charge on any atom is 0.417 e. The molecule has 0 atom stereocenters. The molecule has 9 nitrogen and oxygen atoms in total. The lowest BCUT2D eigenvalue weighted by Gasteiger charge is -2.17. The molecule has 184 valence electrons. The second-order valence-corrected chi connectivity index (χ2v) is 7.66. The number of amides is 3. The normalized spacial score (nSPS) is 11.5. The number of nitrogens with one attached hydrogen (secondary N) is 3. The quantitative estimate of drug-likeness (QED) is 0.308.